The molecule has 0 fully saturated rings. The number of fused-ring (bicyclic) bond motifs is 1. The number of carbonyl (C=O) groups excluding carboxylic acids is 1. The SMILES string of the molecule is O=C(CCNc1ccc(F)cc1)Nc1ccc2c(c1)OCO2. The Kier molecular flexibility index (Phi) is 4.09. The lowest BCUT2D eigenvalue weighted by Crippen LogP contribution is -2.16. The zero-order valence-corrected chi connectivity index (χ0v) is 11.8. The summed E-state index contributed by atoms with van der Waals surface area (Å²) in [6.07, 6.45) is 0.297. The van der Waals surface area contributed by atoms with Crippen molar-refractivity contribution in [2.45, 2.75) is 6.42 Å². The molecule has 1 amide bonds. The van der Waals surface area contributed by atoms with Crippen molar-refractivity contribution < 1.29 is 18.7 Å². The summed E-state index contributed by atoms with van der Waals surface area (Å²) in [5.74, 6) is 0.901. The topological polar surface area (TPSA) is 59.6 Å². The van der Waals surface area contributed by atoms with Crippen LogP contribution in [0.4, 0.5) is 15.8 Å². The summed E-state index contributed by atoms with van der Waals surface area (Å²) in [5, 5.41) is 5.85. The highest BCUT2D eigenvalue weighted by atomic mass is 19.1. The summed E-state index contributed by atoms with van der Waals surface area (Å²) in [6.45, 7) is 0.663. The van der Waals surface area contributed by atoms with Gasteiger partial charge in [-0.15, -0.1) is 0 Å². The lowest BCUT2D eigenvalue weighted by Gasteiger charge is -2.08. The van der Waals surface area contributed by atoms with Crippen LogP contribution >= 0.6 is 0 Å². The van der Waals surface area contributed by atoms with Crippen molar-refractivity contribution in [1.82, 2.24) is 0 Å². The average Bonchev–Trinajstić information content (AvgIpc) is 2.97. The molecule has 1 aliphatic heterocycles. The minimum absolute atomic E-state index is 0.117. The van der Waals surface area contributed by atoms with Gasteiger partial charge in [-0.25, -0.2) is 4.39 Å². The Morgan fingerprint density at radius 2 is 1.77 bits per heavy atom. The quantitative estimate of drug-likeness (QED) is 0.891. The number of benzene rings is 2. The van der Waals surface area contributed by atoms with E-state index >= 15 is 0 Å². The first-order valence-electron chi connectivity index (χ1n) is 6.90. The molecule has 0 unspecified atom stereocenters. The smallest absolute Gasteiger partial charge is 0.231 e. The normalized spacial score (nSPS) is 12.0. The largest absolute Gasteiger partial charge is 0.454 e. The van der Waals surface area contributed by atoms with E-state index in [4.69, 9.17) is 9.47 Å². The summed E-state index contributed by atoms with van der Waals surface area (Å²) in [4.78, 5) is 11.9. The summed E-state index contributed by atoms with van der Waals surface area (Å²) in [5.41, 5.74) is 1.44. The summed E-state index contributed by atoms with van der Waals surface area (Å²) in [7, 11) is 0. The molecule has 0 saturated heterocycles. The van der Waals surface area contributed by atoms with E-state index in [1.165, 1.54) is 12.1 Å². The lowest BCUT2D eigenvalue weighted by molar-refractivity contribution is -0.115. The Bertz CT molecular complexity index is 674. The molecular formula is C16H15FN2O3. The molecule has 3 rings (SSSR count). The lowest BCUT2D eigenvalue weighted by atomic mass is 10.2. The predicted octanol–water partition coefficient (Wildman–Crippen LogP) is 3.00. The highest BCUT2D eigenvalue weighted by Crippen LogP contribution is 2.34. The molecule has 1 aliphatic rings. The van der Waals surface area contributed by atoms with E-state index < -0.39 is 0 Å². The van der Waals surface area contributed by atoms with Crippen LogP contribution in [0.3, 0.4) is 0 Å². The third-order valence-corrected chi connectivity index (χ3v) is 3.18. The maximum absolute atomic E-state index is 12.8. The summed E-state index contributed by atoms with van der Waals surface area (Å²) < 4.78 is 23.2. The van der Waals surface area contributed by atoms with Crippen LogP contribution in [-0.4, -0.2) is 19.2 Å². The van der Waals surface area contributed by atoms with Gasteiger partial charge < -0.3 is 20.1 Å². The minimum atomic E-state index is -0.286. The fourth-order valence-electron chi connectivity index (χ4n) is 2.09. The number of hydrogen-bond donors (Lipinski definition) is 2. The molecule has 114 valence electrons. The molecule has 1 heterocycles. The van der Waals surface area contributed by atoms with Crippen LogP contribution in [0.1, 0.15) is 6.42 Å². The van der Waals surface area contributed by atoms with Crippen molar-refractivity contribution in [3.63, 3.8) is 0 Å². The molecular weight excluding hydrogens is 287 g/mol. The average molecular weight is 302 g/mol. The molecule has 2 aromatic carbocycles. The molecule has 0 atom stereocenters. The first kappa shape index (κ1) is 14.2. The van der Waals surface area contributed by atoms with Crippen LogP contribution < -0.4 is 20.1 Å². The fourth-order valence-corrected chi connectivity index (χ4v) is 2.09. The number of hydrogen-bond acceptors (Lipinski definition) is 4. The number of amides is 1. The van der Waals surface area contributed by atoms with Gasteiger partial charge in [0, 0.05) is 30.4 Å². The van der Waals surface area contributed by atoms with Gasteiger partial charge in [0.15, 0.2) is 11.5 Å². The van der Waals surface area contributed by atoms with Crippen LogP contribution in [0.2, 0.25) is 0 Å². The van der Waals surface area contributed by atoms with Crippen LogP contribution in [-0.2, 0) is 4.79 Å². The zero-order chi connectivity index (χ0) is 15.4. The third-order valence-electron chi connectivity index (χ3n) is 3.18. The molecule has 0 bridgehead atoms. The molecule has 0 aromatic heterocycles. The van der Waals surface area contributed by atoms with Gasteiger partial charge in [-0.1, -0.05) is 0 Å². The van der Waals surface area contributed by atoms with E-state index in [2.05, 4.69) is 10.6 Å². The van der Waals surface area contributed by atoms with E-state index in [0.29, 0.717) is 30.2 Å². The molecule has 2 aromatic rings. The number of rotatable bonds is 5. The molecule has 2 N–H and O–H groups in total. The monoisotopic (exact) mass is 302 g/mol. The second-order valence-corrected chi connectivity index (χ2v) is 4.80. The number of nitrogens with one attached hydrogen (secondary N) is 2. The minimum Gasteiger partial charge on any atom is -0.454 e. The number of anilines is 2. The van der Waals surface area contributed by atoms with E-state index in [1.54, 1.807) is 30.3 Å². The number of carbonyl (C=O) groups is 1. The summed E-state index contributed by atoms with van der Waals surface area (Å²) >= 11 is 0. The Hall–Kier alpha value is -2.76. The predicted molar refractivity (Wildman–Crippen MR) is 80.7 cm³/mol. The first-order chi connectivity index (χ1) is 10.7. The van der Waals surface area contributed by atoms with E-state index in [0.717, 1.165) is 5.69 Å². The molecule has 0 radical (unpaired) electrons. The maximum atomic E-state index is 12.8. The zero-order valence-electron chi connectivity index (χ0n) is 11.8. The van der Waals surface area contributed by atoms with Gasteiger partial charge in [0.2, 0.25) is 12.7 Å². The summed E-state index contributed by atoms with van der Waals surface area (Å²) in [6, 6.07) is 11.3. The fraction of sp³-hybridized carbons (Fsp3) is 0.188. The maximum Gasteiger partial charge on any atom is 0.231 e. The molecule has 0 saturated carbocycles. The van der Waals surface area contributed by atoms with Crippen LogP contribution in [0.15, 0.2) is 42.5 Å². The van der Waals surface area contributed by atoms with E-state index in [-0.39, 0.29) is 18.5 Å². The van der Waals surface area contributed by atoms with Gasteiger partial charge in [-0.3, -0.25) is 4.79 Å². The van der Waals surface area contributed by atoms with Crippen molar-refractivity contribution in [2.24, 2.45) is 0 Å². The van der Waals surface area contributed by atoms with Gasteiger partial charge in [-0.05, 0) is 36.4 Å². The van der Waals surface area contributed by atoms with Crippen molar-refractivity contribution in [3.8, 4) is 11.5 Å². The molecule has 6 heteroatoms. The van der Waals surface area contributed by atoms with Crippen LogP contribution in [0, 0.1) is 5.82 Å². The van der Waals surface area contributed by atoms with Crippen molar-refractivity contribution in [1.29, 1.82) is 0 Å². The van der Waals surface area contributed by atoms with Gasteiger partial charge >= 0.3 is 0 Å². The number of halogens is 1. The molecule has 0 spiro atoms. The Balaban J connectivity index is 1.47. The Morgan fingerprint density at radius 3 is 2.59 bits per heavy atom. The van der Waals surface area contributed by atoms with Crippen LogP contribution in [0.25, 0.3) is 0 Å². The Labute approximate surface area is 127 Å². The first-order valence-corrected chi connectivity index (χ1v) is 6.90. The second kappa shape index (κ2) is 6.34. The molecule has 0 aliphatic carbocycles. The van der Waals surface area contributed by atoms with Gasteiger partial charge in [0.05, 0.1) is 0 Å². The van der Waals surface area contributed by atoms with Crippen molar-refractivity contribution >= 4 is 17.3 Å². The van der Waals surface area contributed by atoms with Crippen molar-refractivity contribution in [3.05, 3.63) is 48.3 Å². The third kappa shape index (κ3) is 3.46. The van der Waals surface area contributed by atoms with E-state index in [1.807, 2.05) is 0 Å². The molecule has 22 heavy (non-hydrogen) atoms. The van der Waals surface area contributed by atoms with Gasteiger partial charge in [-0.2, -0.15) is 0 Å². The van der Waals surface area contributed by atoms with Gasteiger partial charge in [0.25, 0.3) is 0 Å². The van der Waals surface area contributed by atoms with E-state index in [9.17, 15) is 9.18 Å². The second-order valence-electron chi connectivity index (χ2n) is 4.80. The highest BCUT2D eigenvalue weighted by Gasteiger charge is 2.13. The molecule has 5 nitrogen and oxygen atoms in total. The highest BCUT2D eigenvalue weighted by molar-refractivity contribution is 5.91. The number of ether oxygens (including phenoxy) is 2. The van der Waals surface area contributed by atoms with Crippen LogP contribution in [0.5, 0.6) is 11.5 Å². The Morgan fingerprint density at radius 1 is 1.05 bits per heavy atom. The van der Waals surface area contributed by atoms with Gasteiger partial charge in [0.1, 0.15) is 5.82 Å². The standard InChI is InChI=1S/C16H15FN2O3/c17-11-1-3-12(4-2-11)18-8-7-16(20)19-13-5-6-14-15(9-13)22-10-21-14/h1-6,9,18H,7-8,10H2,(H,19,20). The van der Waals surface area contributed by atoms with Crippen molar-refractivity contribution in [2.75, 3.05) is 24.0 Å².